The molecule has 0 aromatic heterocycles. The van der Waals surface area contributed by atoms with Gasteiger partial charge in [-0.2, -0.15) is 0 Å². The molecule has 1 aromatic rings. The molecule has 29 heavy (non-hydrogen) atoms. The molecule has 2 saturated heterocycles. The Kier molecular flexibility index (Phi) is 4.78. The highest BCUT2D eigenvalue weighted by molar-refractivity contribution is 6.24. The van der Waals surface area contributed by atoms with Crippen molar-refractivity contribution in [1.29, 1.82) is 0 Å². The van der Waals surface area contributed by atoms with Crippen LogP contribution in [-0.2, 0) is 16.1 Å². The van der Waals surface area contributed by atoms with Gasteiger partial charge in [-0.1, -0.05) is 12.1 Å². The number of nitrogens with one attached hydrogen (secondary N) is 2. The number of carbonyl (C=O) groups is 4. The van der Waals surface area contributed by atoms with E-state index in [1.54, 1.807) is 12.1 Å². The highest BCUT2D eigenvalue weighted by Crippen LogP contribution is 2.32. The highest BCUT2D eigenvalue weighted by Gasteiger charge is 2.46. The van der Waals surface area contributed by atoms with E-state index in [0.717, 1.165) is 23.6 Å². The van der Waals surface area contributed by atoms with Crippen molar-refractivity contribution < 1.29 is 19.2 Å². The number of benzene rings is 1. The van der Waals surface area contributed by atoms with E-state index in [9.17, 15) is 19.2 Å². The second-order valence-electron chi connectivity index (χ2n) is 8.76. The van der Waals surface area contributed by atoms with Crippen LogP contribution >= 0.6 is 0 Å². The summed E-state index contributed by atoms with van der Waals surface area (Å²) in [6.07, 6.45) is 0.275. The third-order valence-corrected chi connectivity index (χ3v) is 6.15. The van der Waals surface area contributed by atoms with Crippen LogP contribution in [0.4, 0.5) is 0 Å². The maximum atomic E-state index is 13.2. The smallest absolute Gasteiger partial charge is 0.262 e. The van der Waals surface area contributed by atoms with Gasteiger partial charge >= 0.3 is 0 Å². The number of piperazine rings is 1. The lowest BCUT2D eigenvalue weighted by atomic mass is 9.95. The van der Waals surface area contributed by atoms with Gasteiger partial charge in [0.25, 0.3) is 11.8 Å². The van der Waals surface area contributed by atoms with E-state index in [4.69, 9.17) is 0 Å². The van der Waals surface area contributed by atoms with Crippen molar-refractivity contribution in [3.8, 4) is 0 Å². The summed E-state index contributed by atoms with van der Waals surface area (Å²) in [5, 5.41) is 5.70. The Bertz CT molecular complexity index is 910. The van der Waals surface area contributed by atoms with Gasteiger partial charge in [-0.15, -0.1) is 0 Å². The van der Waals surface area contributed by atoms with Gasteiger partial charge in [0.15, 0.2) is 0 Å². The topological polar surface area (TPSA) is 98.8 Å². The summed E-state index contributed by atoms with van der Waals surface area (Å²) in [6, 6.07) is 4.68. The number of imide groups is 2. The Morgan fingerprint density at radius 1 is 1.14 bits per heavy atom. The molecule has 3 aliphatic rings. The van der Waals surface area contributed by atoms with Crippen molar-refractivity contribution in [2.24, 2.45) is 0 Å². The highest BCUT2D eigenvalue weighted by atomic mass is 16.2. The van der Waals surface area contributed by atoms with E-state index in [0.29, 0.717) is 23.7 Å². The third-order valence-electron chi connectivity index (χ3n) is 6.15. The minimum atomic E-state index is -0.941. The van der Waals surface area contributed by atoms with Crippen molar-refractivity contribution >= 4 is 23.6 Å². The maximum Gasteiger partial charge on any atom is 0.262 e. The summed E-state index contributed by atoms with van der Waals surface area (Å²) in [7, 11) is 0. The van der Waals surface area contributed by atoms with Crippen molar-refractivity contribution in [3.05, 3.63) is 34.9 Å². The average molecular weight is 398 g/mol. The molecule has 4 rings (SSSR count). The minimum absolute atomic E-state index is 0.0931. The molecule has 0 saturated carbocycles. The van der Waals surface area contributed by atoms with E-state index < -0.39 is 23.8 Å². The molecule has 0 bridgehead atoms. The standard InChI is InChI=1S/C21H26N4O4/c1-12-9-24(21(2,3)11-22-12)10-13-5-4-6-14-17(13)20(29)25(19(14)28)15-7-8-16(26)23-18(15)27/h4-6,12,15,22H,7-11H2,1-3H3,(H,23,26,27). The normalized spacial score (nSPS) is 27.2. The van der Waals surface area contributed by atoms with Crippen LogP contribution in [0, 0.1) is 0 Å². The summed E-state index contributed by atoms with van der Waals surface area (Å²) in [6.45, 7) is 8.63. The first-order valence-corrected chi connectivity index (χ1v) is 10.0. The predicted molar refractivity (Wildman–Crippen MR) is 105 cm³/mol. The second-order valence-corrected chi connectivity index (χ2v) is 8.76. The number of fused-ring (bicyclic) bond motifs is 1. The molecular formula is C21H26N4O4. The monoisotopic (exact) mass is 398 g/mol. The summed E-state index contributed by atoms with van der Waals surface area (Å²) in [5.41, 5.74) is 1.41. The van der Waals surface area contributed by atoms with Crippen LogP contribution in [0.5, 0.6) is 0 Å². The second kappa shape index (κ2) is 7.03. The van der Waals surface area contributed by atoms with Crippen LogP contribution in [-0.4, -0.2) is 64.1 Å². The van der Waals surface area contributed by atoms with Gasteiger partial charge in [-0.05, 0) is 38.8 Å². The largest absolute Gasteiger partial charge is 0.311 e. The molecular weight excluding hydrogens is 372 g/mol. The minimum Gasteiger partial charge on any atom is -0.311 e. The van der Waals surface area contributed by atoms with Crippen LogP contribution in [0.2, 0.25) is 0 Å². The van der Waals surface area contributed by atoms with Crippen LogP contribution in [0.1, 0.15) is 59.9 Å². The molecule has 2 fully saturated rings. The Balaban J connectivity index is 1.65. The Hall–Kier alpha value is -2.58. The molecule has 3 heterocycles. The number of hydrogen-bond acceptors (Lipinski definition) is 6. The van der Waals surface area contributed by atoms with Gasteiger partial charge < -0.3 is 5.32 Å². The molecule has 0 radical (unpaired) electrons. The molecule has 0 spiro atoms. The number of amides is 4. The average Bonchev–Trinajstić information content (AvgIpc) is 2.91. The summed E-state index contributed by atoms with van der Waals surface area (Å²) < 4.78 is 0. The molecule has 2 N–H and O–H groups in total. The van der Waals surface area contributed by atoms with E-state index in [1.807, 2.05) is 6.07 Å². The molecule has 4 amide bonds. The van der Waals surface area contributed by atoms with Crippen LogP contribution in [0.15, 0.2) is 18.2 Å². The SMILES string of the molecule is CC1CN(Cc2cccc3c2C(=O)N(C2CCC(=O)NC2=O)C3=O)C(C)(C)CN1. The fourth-order valence-electron chi connectivity index (χ4n) is 4.38. The first-order valence-electron chi connectivity index (χ1n) is 10.0. The molecule has 154 valence electrons. The first-order chi connectivity index (χ1) is 13.7. The lowest BCUT2D eigenvalue weighted by Crippen LogP contribution is -2.60. The van der Waals surface area contributed by atoms with Crippen molar-refractivity contribution in [1.82, 2.24) is 20.4 Å². The van der Waals surface area contributed by atoms with Crippen LogP contribution in [0.3, 0.4) is 0 Å². The van der Waals surface area contributed by atoms with Gasteiger partial charge in [0.2, 0.25) is 11.8 Å². The molecule has 8 heteroatoms. The number of rotatable bonds is 3. The zero-order valence-electron chi connectivity index (χ0n) is 16.9. The van der Waals surface area contributed by atoms with Gasteiger partial charge in [0, 0.05) is 37.6 Å². The number of piperidine rings is 1. The molecule has 1 aromatic carbocycles. The Morgan fingerprint density at radius 3 is 2.62 bits per heavy atom. The van der Waals surface area contributed by atoms with Crippen molar-refractivity contribution in [3.63, 3.8) is 0 Å². The van der Waals surface area contributed by atoms with Gasteiger partial charge in [0.1, 0.15) is 6.04 Å². The fourth-order valence-corrected chi connectivity index (χ4v) is 4.38. The lowest BCUT2D eigenvalue weighted by Gasteiger charge is -2.45. The predicted octanol–water partition coefficient (Wildman–Crippen LogP) is 0.660. The number of nitrogens with zero attached hydrogens (tertiary/aromatic N) is 2. The summed E-state index contributed by atoms with van der Waals surface area (Å²) in [5.74, 6) is -1.88. The lowest BCUT2D eigenvalue weighted by molar-refractivity contribution is -0.136. The van der Waals surface area contributed by atoms with E-state index in [-0.39, 0.29) is 24.3 Å². The van der Waals surface area contributed by atoms with Crippen molar-refractivity contribution in [2.75, 3.05) is 13.1 Å². The third kappa shape index (κ3) is 3.36. The molecule has 3 aliphatic heterocycles. The number of carbonyl (C=O) groups excluding carboxylic acids is 4. The summed E-state index contributed by atoms with van der Waals surface area (Å²) in [4.78, 5) is 53.3. The first kappa shape index (κ1) is 19.7. The van der Waals surface area contributed by atoms with Crippen molar-refractivity contribution in [2.45, 2.75) is 57.8 Å². The van der Waals surface area contributed by atoms with Gasteiger partial charge in [-0.3, -0.25) is 34.3 Å². The molecule has 8 nitrogen and oxygen atoms in total. The maximum absolute atomic E-state index is 13.2. The molecule has 2 atom stereocenters. The quantitative estimate of drug-likeness (QED) is 0.726. The Morgan fingerprint density at radius 2 is 1.90 bits per heavy atom. The van der Waals surface area contributed by atoms with E-state index >= 15 is 0 Å². The fraction of sp³-hybridized carbons (Fsp3) is 0.524. The zero-order valence-corrected chi connectivity index (χ0v) is 16.9. The number of hydrogen-bond donors (Lipinski definition) is 2. The van der Waals surface area contributed by atoms with Crippen LogP contribution in [0.25, 0.3) is 0 Å². The van der Waals surface area contributed by atoms with E-state index in [2.05, 4.69) is 36.3 Å². The van der Waals surface area contributed by atoms with E-state index in [1.165, 1.54) is 0 Å². The molecule has 0 aliphatic carbocycles. The van der Waals surface area contributed by atoms with Gasteiger partial charge in [-0.25, -0.2) is 0 Å². The van der Waals surface area contributed by atoms with Gasteiger partial charge in [0.05, 0.1) is 11.1 Å². The zero-order chi connectivity index (χ0) is 20.9. The Labute approximate surface area is 169 Å². The molecule has 2 unspecified atom stereocenters. The summed E-state index contributed by atoms with van der Waals surface area (Å²) >= 11 is 0. The van der Waals surface area contributed by atoms with Crippen LogP contribution < -0.4 is 10.6 Å².